The number of carbonyl (C=O) groups is 1. The van der Waals surface area contributed by atoms with Crippen LogP contribution in [0.25, 0.3) is 0 Å². The lowest BCUT2D eigenvalue weighted by Gasteiger charge is -2.09. The summed E-state index contributed by atoms with van der Waals surface area (Å²) < 4.78 is 5.37. The van der Waals surface area contributed by atoms with Crippen LogP contribution in [0.2, 0.25) is 0 Å². The summed E-state index contributed by atoms with van der Waals surface area (Å²) in [6, 6.07) is 8.30. The topological polar surface area (TPSA) is 38.3 Å². The maximum absolute atomic E-state index is 11.6. The number of benzene rings is 1. The Balaban J connectivity index is 2.00. The van der Waals surface area contributed by atoms with Gasteiger partial charge in [0.2, 0.25) is 5.78 Å². The number of nitrogens with one attached hydrogen (secondary N) is 1. The molecular weight excluding hydrogens is 294 g/mol. The van der Waals surface area contributed by atoms with Gasteiger partial charge in [0.05, 0.1) is 5.57 Å². The van der Waals surface area contributed by atoms with E-state index in [4.69, 9.17) is 4.74 Å². The van der Waals surface area contributed by atoms with Gasteiger partial charge in [0.15, 0.2) is 12.5 Å². The number of aryl methyl sites for hydroxylation is 1. The van der Waals surface area contributed by atoms with E-state index in [1.54, 1.807) is 0 Å². The molecule has 0 aromatic heterocycles. The van der Waals surface area contributed by atoms with E-state index in [9.17, 15) is 4.79 Å². The van der Waals surface area contributed by atoms with Crippen molar-refractivity contribution in [3.8, 4) is 0 Å². The fourth-order valence-corrected chi connectivity index (χ4v) is 2.23. The fraction of sp³-hybridized carbons (Fsp3) is 0.357. The van der Waals surface area contributed by atoms with Gasteiger partial charge in [-0.25, -0.2) is 0 Å². The molecule has 0 radical (unpaired) electrons. The lowest BCUT2D eigenvalue weighted by atomic mass is 10.1. The Morgan fingerprint density at radius 3 is 2.72 bits per heavy atom. The molecule has 0 atom stereocenters. The van der Waals surface area contributed by atoms with Gasteiger partial charge in [0.25, 0.3) is 0 Å². The Kier molecular flexibility index (Phi) is 4.42. The van der Waals surface area contributed by atoms with Crippen LogP contribution >= 0.6 is 15.9 Å². The van der Waals surface area contributed by atoms with Crippen molar-refractivity contribution in [1.82, 2.24) is 5.32 Å². The Labute approximate surface area is 115 Å². The van der Waals surface area contributed by atoms with Crippen LogP contribution in [0.5, 0.6) is 0 Å². The van der Waals surface area contributed by atoms with E-state index in [0.29, 0.717) is 18.8 Å². The van der Waals surface area contributed by atoms with Crippen LogP contribution in [0.4, 0.5) is 0 Å². The van der Waals surface area contributed by atoms with Crippen LogP contribution in [-0.4, -0.2) is 17.7 Å². The van der Waals surface area contributed by atoms with Crippen LogP contribution in [0, 0.1) is 6.92 Å². The molecule has 0 bridgehead atoms. The maximum Gasteiger partial charge on any atom is 0.201 e. The van der Waals surface area contributed by atoms with E-state index in [1.807, 2.05) is 0 Å². The van der Waals surface area contributed by atoms with Crippen molar-refractivity contribution >= 4 is 21.7 Å². The fourth-order valence-electron chi connectivity index (χ4n) is 1.83. The summed E-state index contributed by atoms with van der Waals surface area (Å²) >= 11 is 3.35. The second-order valence-corrected chi connectivity index (χ2v) is 5.09. The first-order valence-corrected chi connectivity index (χ1v) is 7.07. The molecular formula is C14H16BrNO2. The van der Waals surface area contributed by atoms with E-state index < -0.39 is 0 Å². The predicted molar refractivity (Wildman–Crippen MR) is 74.4 cm³/mol. The van der Waals surface area contributed by atoms with E-state index in [0.717, 1.165) is 10.9 Å². The molecule has 1 heterocycles. The van der Waals surface area contributed by atoms with Crippen molar-refractivity contribution in [2.24, 2.45) is 0 Å². The molecule has 4 heteroatoms. The van der Waals surface area contributed by atoms with Crippen molar-refractivity contribution in [3.63, 3.8) is 0 Å². The molecule has 1 N–H and O–H groups in total. The molecule has 1 aromatic carbocycles. The highest BCUT2D eigenvalue weighted by Gasteiger charge is 2.23. The van der Waals surface area contributed by atoms with E-state index >= 15 is 0 Å². The zero-order valence-electron chi connectivity index (χ0n) is 10.3. The largest absolute Gasteiger partial charge is 0.471 e. The average Bonchev–Trinajstić information content (AvgIpc) is 2.71. The number of ether oxygens (including phenoxy) is 1. The average molecular weight is 310 g/mol. The third-order valence-corrected chi connectivity index (χ3v) is 3.27. The Hall–Kier alpha value is -1.29. The molecule has 1 aliphatic heterocycles. The van der Waals surface area contributed by atoms with Gasteiger partial charge in [0, 0.05) is 11.9 Å². The first kappa shape index (κ1) is 13.1. The normalized spacial score (nSPS) is 14.9. The zero-order chi connectivity index (χ0) is 13.0. The Morgan fingerprint density at radius 1 is 1.33 bits per heavy atom. The van der Waals surface area contributed by atoms with Crippen molar-refractivity contribution in [3.05, 3.63) is 46.8 Å². The second kappa shape index (κ2) is 6.05. The first-order valence-electron chi connectivity index (χ1n) is 5.95. The van der Waals surface area contributed by atoms with Crippen LogP contribution in [0.15, 0.2) is 35.7 Å². The molecule has 1 aliphatic rings. The van der Waals surface area contributed by atoms with E-state index in [1.165, 1.54) is 11.1 Å². The van der Waals surface area contributed by atoms with Gasteiger partial charge < -0.3 is 10.1 Å². The third kappa shape index (κ3) is 3.13. The highest BCUT2D eigenvalue weighted by Crippen LogP contribution is 2.18. The summed E-state index contributed by atoms with van der Waals surface area (Å²) in [5.74, 6) is 0.723. The number of hydrogen-bond acceptors (Lipinski definition) is 3. The maximum atomic E-state index is 11.6. The zero-order valence-corrected chi connectivity index (χ0v) is 11.9. The number of Topliss-reactive ketones (excluding diaryl/α,β-unsaturated/α-hetero) is 1. The SMILES string of the molecule is Cc1ccc(CNC2=C(CCBr)C(=O)CO2)cc1. The van der Waals surface area contributed by atoms with Gasteiger partial charge in [-0.05, 0) is 18.9 Å². The molecule has 0 fully saturated rings. The van der Waals surface area contributed by atoms with Crippen molar-refractivity contribution < 1.29 is 9.53 Å². The first-order chi connectivity index (χ1) is 8.70. The molecule has 0 amide bonds. The lowest BCUT2D eigenvalue weighted by Crippen LogP contribution is -2.14. The smallest absolute Gasteiger partial charge is 0.201 e. The molecule has 18 heavy (non-hydrogen) atoms. The van der Waals surface area contributed by atoms with Crippen LogP contribution in [-0.2, 0) is 16.1 Å². The summed E-state index contributed by atoms with van der Waals surface area (Å²) in [4.78, 5) is 11.6. The van der Waals surface area contributed by atoms with Gasteiger partial charge in [-0.15, -0.1) is 0 Å². The predicted octanol–water partition coefficient (Wildman–Crippen LogP) is 2.68. The number of ketones is 1. The summed E-state index contributed by atoms with van der Waals surface area (Å²) in [5, 5.41) is 3.97. The Morgan fingerprint density at radius 2 is 2.06 bits per heavy atom. The van der Waals surface area contributed by atoms with Gasteiger partial charge in [-0.2, -0.15) is 0 Å². The molecule has 0 spiro atoms. The summed E-state index contributed by atoms with van der Waals surface area (Å²) in [7, 11) is 0. The molecule has 0 aliphatic carbocycles. The van der Waals surface area contributed by atoms with Crippen LogP contribution in [0.3, 0.4) is 0 Å². The quantitative estimate of drug-likeness (QED) is 0.850. The number of alkyl halides is 1. The van der Waals surface area contributed by atoms with Crippen molar-refractivity contribution in [2.75, 3.05) is 11.9 Å². The standard InChI is InChI=1S/C14H16BrNO2/c1-10-2-4-11(5-3-10)8-16-14-12(6-7-15)13(17)9-18-14/h2-5,16H,6-9H2,1H3. The molecule has 3 nitrogen and oxygen atoms in total. The highest BCUT2D eigenvalue weighted by atomic mass is 79.9. The number of carbonyl (C=O) groups excluding carboxylic acids is 1. The number of halogens is 1. The van der Waals surface area contributed by atoms with Gasteiger partial charge in [-0.3, -0.25) is 4.79 Å². The third-order valence-electron chi connectivity index (χ3n) is 2.88. The highest BCUT2D eigenvalue weighted by molar-refractivity contribution is 9.09. The second-order valence-electron chi connectivity index (χ2n) is 4.30. The Bertz CT molecular complexity index is 465. The van der Waals surface area contributed by atoms with Crippen molar-refractivity contribution in [2.45, 2.75) is 19.9 Å². The van der Waals surface area contributed by atoms with Gasteiger partial charge >= 0.3 is 0 Å². The molecule has 2 rings (SSSR count). The summed E-state index contributed by atoms with van der Waals surface area (Å²) in [6.07, 6.45) is 0.703. The molecule has 0 unspecified atom stereocenters. The monoisotopic (exact) mass is 309 g/mol. The minimum absolute atomic E-state index is 0.0841. The molecule has 96 valence electrons. The molecule has 0 saturated heterocycles. The number of rotatable bonds is 5. The van der Waals surface area contributed by atoms with Crippen LogP contribution in [0.1, 0.15) is 17.5 Å². The minimum atomic E-state index is 0.0841. The van der Waals surface area contributed by atoms with Crippen molar-refractivity contribution in [1.29, 1.82) is 0 Å². The summed E-state index contributed by atoms with van der Waals surface area (Å²) in [5.41, 5.74) is 3.18. The van der Waals surface area contributed by atoms with Crippen LogP contribution < -0.4 is 5.32 Å². The van der Waals surface area contributed by atoms with E-state index in [2.05, 4.69) is 52.4 Å². The molecule has 0 saturated carbocycles. The summed E-state index contributed by atoms with van der Waals surface area (Å²) in [6.45, 7) is 2.90. The van der Waals surface area contributed by atoms with Gasteiger partial charge in [-0.1, -0.05) is 45.8 Å². The number of hydrogen-bond donors (Lipinski definition) is 1. The molecule has 1 aromatic rings. The minimum Gasteiger partial charge on any atom is -0.471 e. The lowest BCUT2D eigenvalue weighted by molar-refractivity contribution is -0.116. The van der Waals surface area contributed by atoms with Gasteiger partial charge in [0.1, 0.15) is 0 Å². The van der Waals surface area contributed by atoms with E-state index in [-0.39, 0.29) is 12.4 Å².